The van der Waals surface area contributed by atoms with Crippen LogP contribution in [-0.4, -0.2) is 86.2 Å². The average Bonchev–Trinajstić information content (AvgIpc) is 3.67. The summed E-state index contributed by atoms with van der Waals surface area (Å²) in [6.07, 6.45) is 16.1. The summed E-state index contributed by atoms with van der Waals surface area (Å²) in [5, 5.41) is 12.8. The number of aromatic amines is 1. The molecule has 0 spiro atoms. The SMILES string of the molecule is c1cc(-c2c[nH]c3nc(Nc4cnn(C5CCOCC5)c4)nc(N[C@H]4CC[C@H](N5CCOCC5)CC4)c23)ccn1. The molecule has 40 heavy (non-hydrogen) atoms. The van der Waals surface area contributed by atoms with Crippen LogP contribution in [0.4, 0.5) is 17.5 Å². The first-order valence-corrected chi connectivity index (χ1v) is 14.6. The highest BCUT2D eigenvalue weighted by atomic mass is 16.5. The topological polar surface area (TPSA) is 118 Å². The number of hydrogen-bond acceptors (Lipinski definition) is 9. The minimum absolute atomic E-state index is 0.361. The third-order valence-corrected chi connectivity index (χ3v) is 8.55. The zero-order valence-electron chi connectivity index (χ0n) is 22.8. The summed E-state index contributed by atoms with van der Waals surface area (Å²) in [6, 6.07) is 5.42. The zero-order chi connectivity index (χ0) is 26.7. The van der Waals surface area contributed by atoms with Gasteiger partial charge in [-0.25, -0.2) is 0 Å². The molecule has 1 aliphatic carbocycles. The van der Waals surface area contributed by atoms with Gasteiger partial charge in [-0.05, 0) is 56.2 Å². The van der Waals surface area contributed by atoms with E-state index >= 15 is 0 Å². The number of hydrogen-bond donors (Lipinski definition) is 3. The first kappa shape index (κ1) is 25.4. The van der Waals surface area contributed by atoms with Crippen LogP contribution in [0.5, 0.6) is 0 Å². The summed E-state index contributed by atoms with van der Waals surface area (Å²) in [4.78, 5) is 20.1. The molecule has 0 aromatic carbocycles. The standard InChI is InChI=1S/C29H37N9O2/c1-3-23(37-11-15-40-16-12-37)4-2-21(1)33-28-26-25(20-5-9-30-10-6-20)18-31-27(26)35-29(36-28)34-22-17-32-38(19-22)24-7-13-39-14-8-24/h5-6,9-10,17-19,21,23-24H,1-4,7-8,11-16H2,(H3,31,33,34,35,36)/t21-,23-. The smallest absolute Gasteiger partial charge is 0.231 e. The second-order valence-corrected chi connectivity index (χ2v) is 11.0. The van der Waals surface area contributed by atoms with Crippen molar-refractivity contribution < 1.29 is 9.47 Å². The van der Waals surface area contributed by atoms with Gasteiger partial charge in [-0.3, -0.25) is 14.6 Å². The number of nitrogens with zero attached hydrogens (tertiary/aromatic N) is 6. The normalized spacial score (nSPS) is 22.9. The third-order valence-electron chi connectivity index (χ3n) is 8.55. The highest BCUT2D eigenvalue weighted by Crippen LogP contribution is 2.35. The van der Waals surface area contributed by atoms with Gasteiger partial charge in [-0.2, -0.15) is 15.1 Å². The van der Waals surface area contributed by atoms with E-state index in [0.29, 0.717) is 24.1 Å². The molecule has 4 aromatic rings. The Kier molecular flexibility index (Phi) is 7.32. The van der Waals surface area contributed by atoms with Crippen molar-refractivity contribution in [3.8, 4) is 11.1 Å². The van der Waals surface area contributed by atoms with E-state index in [9.17, 15) is 0 Å². The summed E-state index contributed by atoms with van der Waals surface area (Å²) in [5.74, 6) is 1.40. The fourth-order valence-corrected chi connectivity index (χ4v) is 6.35. The molecule has 2 aliphatic heterocycles. The van der Waals surface area contributed by atoms with Gasteiger partial charge in [0.05, 0.1) is 36.5 Å². The van der Waals surface area contributed by atoms with Crippen molar-refractivity contribution in [2.75, 3.05) is 50.2 Å². The van der Waals surface area contributed by atoms with E-state index in [4.69, 9.17) is 19.4 Å². The number of aromatic nitrogens is 6. The van der Waals surface area contributed by atoms with Crippen LogP contribution in [0, 0.1) is 0 Å². The molecule has 4 aromatic heterocycles. The summed E-state index contributed by atoms with van der Waals surface area (Å²) in [5.41, 5.74) is 3.83. The van der Waals surface area contributed by atoms with E-state index in [1.807, 2.05) is 47.8 Å². The largest absolute Gasteiger partial charge is 0.381 e. The lowest BCUT2D eigenvalue weighted by atomic mass is 9.90. The van der Waals surface area contributed by atoms with Crippen LogP contribution in [0.3, 0.4) is 0 Å². The van der Waals surface area contributed by atoms with Gasteiger partial charge in [0.2, 0.25) is 5.95 Å². The maximum Gasteiger partial charge on any atom is 0.231 e. The van der Waals surface area contributed by atoms with Crippen LogP contribution in [0.1, 0.15) is 44.6 Å². The monoisotopic (exact) mass is 543 g/mol. The minimum Gasteiger partial charge on any atom is -0.381 e. The van der Waals surface area contributed by atoms with Crippen molar-refractivity contribution in [1.82, 2.24) is 34.6 Å². The van der Waals surface area contributed by atoms with Crippen LogP contribution in [0.25, 0.3) is 22.2 Å². The maximum atomic E-state index is 5.57. The van der Waals surface area contributed by atoms with Crippen LogP contribution < -0.4 is 10.6 Å². The molecule has 0 atom stereocenters. The number of nitrogens with one attached hydrogen (secondary N) is 3. The predicted molar refractivity (Wildman–Crippen MR) is 154 cm³/mol. The molecule has 11 heteroatoms. The van der Waals surface area contributed by atoms with Crippen molar-refractivity contribution in [2.24, 2.45) is 0 Å². The molecule has 7 rings (SSSR count). The van der Waals surface area contributed by atoms with Gasteiger partial charge in [0.25, 0.3) is 0 Å². The number of ether oxygens (including phenoxy) is 2. The average molecular weight is 544 g/mol. The van der Waals surface area contributed by atoms with E-state index in [-0.39, 0.29) is 0 Å². The van der Waals surface area contributed by atoms with E-state index in [2.05, 4.69) is 30.6 Å². The van der Waals surface area contributed by atoms with Gasteiger partial charge in [0.15, 0.2) is 0 Å². The predicted octanol–water partition coefficient (Wildman–Crippen LogP) is 4.37. The lowest BCUT2D eigenvalue weighted by Crippen LogP contribution is -2.46. The van der Waals surface area contributed by atoms with E-state index in [0.717, 1.165) is 98.9 Å². The summed E-state index contributed by atoms with van der Waals surface area (Å²) in [7, 11) is 0. The number of anilines is 3. The van der Waals surface area contributed by atoms with Crippen molar-refractivity contribution in [3.63, 3.8) is 0 Å². The number of fused-ring (bicyclic) bond motifs is 1. The van der Waals surface area contributed by atoms with Crippen molar-refractivity contribution in [3.05, 3.63) is 43.1 Å². The quantitative estimate of drug-likeness (QED) is 0.312. The zero-order valence-corrected chi connectivity index (χ0v) is 22.8. The molecule has 0 unspecified atom stereocenters. The summed E-state index contributed by atoms with van der Waals surface area (Å²) < 4.78 is 13.1. The second-order valence-electron chi connectivity index (χ2n) is 11.0. The van der Waals surface area contributed by atoms with E-state index in [1.165, 1.54) is 12.8 Å². The Morgan fingerprint density at radius 3 is 2.45 bits per heavy atom. The van der Waals surface area contributed by atoms with Crippen molar-refractivity contribution >= 4 is 28.5 Å². The molecule has 3 fully saturated rings. The Hall–Kier alpha value is -3.54. The Morgan fingerprint density at radius 1 is 0.875 bits per heavy atom. The molecule has 6 heterocycles. The first-order valence-electron chi connectivity index (χ1n) is 14.6. The number of morpholine rings is 1. The van der Waals surface area contributed by atoms with Gasteiger partial charge in [0, 0.05) is 68.7 Å². The lowest BCUT2D eigenvalue weighted by molar-refractivity contribution is 0.00791. The van der Waals surface area contributed by atoms with E-state index in [1.54, 1.807) is 0 Å². The Bertz CT molecular complexity index is 1400. The van der Waals surface area contributed by atoms with Crippen LogP contribution in [0.2, 0.25) is 0 Å². The van der Waals surface area contributed by atoms with Crippen molar-refractivity contribution in [2.45, 2.75) is 56.7 Å². The highest BCUT2D eigenvalue weighted by Gasteiger charge is 2.28. The minimum atomic E-state index is 0.361. The number of H-pyrrole nitrogens is 1. The molecule has 1 saturated carbocycles. The van der Waals surface area contributed by atoms with Gasteiger partial charge in [0.1, 0.15) is 11.5 Å². The van der Waals surface area contributed by atoms with Crippen molar-refractivity contribution in [1.29, 1.82) is 0 Å². The number of pyridine rings is 1. The first-order chi connectivity index (χ1) is 19.8. The number of rotatable bonds is 7. The van der Waals surface area contributed by atoms with E-state index < -0.39 is 0 Å². The molecule has 2 saturated heterocycles. The van der Waals surface area contributed by atoms with Gasteiger partial charge in [-0.1, -0.05) is 0 Å². The summed E-state index contributed by atoms with van der Waals surface area (Å²) >= 11 is 0. The molecule has 3 aliphatic rings. The highest BCUT2D eigenvalue weighted by molar-refractivity contribution is 6.01. The molecule has 210 valence electrons. The molecule has 3 N–H and O–H groups in total. The fourth-order valence-electron chi connectivity index (χ4n) is 6.35. The Morgan fingerprint density at radius 2 is 1.65 bits per heavy atom. The molecular formula is C29H37N9O2. The molecule has 0 amide bonds. The van der Waals surface area contributed by atoms with Crippen LogP contribution >= 0.6 is 0 Å². The molecule has 0 radical (unpaired) electrons. The Balaban J connectivity index is 1.14. The van der Waals surface area contributed by atoms with Gasteiger partial charge in [-0.15, -0.1) is 0 Å². The Labute approximate surface area is 233 Å². The fraction of sp³-hybridized carbons (Fsp3) is 0.517. The third kappa shape index (κ3) is 5.41. The maximum absolute atomic E-state index is 5.57. The molecule has 0 bridgehead atoms. The van der Waals surface area contributed by atoms with Crippen LogP contribution in [-0.2, 0) is 9.47 Å². The summed E-state index contributed by atoms with van der Waals surface area (Å²) in [6.45, 7) is 5.37. The molecule has 11 nitrogen and oxygen atoms in total. The van der Waals surface area contributed by atoms with Gasteiger partial charge >= 0.3 is 0 Å². The second kappa shape index (κ2) is 11.5. The molecular weight excluding hydrogens is 506 g/mol. The van der Waals surface area contributed by atoms with Crippen LogP contribution in [0.15, 0.2) is 43.1 Å². The van der Waals surface area contributed by atoms with Gasteiger partial charge < -0.3 is 25.1 Å². The lowest BCUT2D eigenvalue weighted by Gasteiger charge is -2.39.